The molecule has 6 nitrogen and oxygen atoms in total. The number of benzene rings is 3. The molecular weight excluding hydrogens is 479 g/mol. The molecule has 4 rings (SSSR count). The number of hydrogen-bond donors (Lipinski definition) is 1. The van der Waals surface area contributed by atoms with Gasteiger partial charge in [-0.05, 0) is 42.8 Å². The number of para-hydroxylation sites is 2. The Bertz CT molecular complexity index is 1420. The van der Waals surface area contributed by atoms with Crippen molar-refractivity contribution in [3.63, 3.8) is 0 Å². The number of fused-ring (bicyclic) bond motifs is 1. The smallest absolute Gasteiger partial charge is 0.266 e. The van der Waals surface area contributed by atoms with Gasteiger partial charge in [0.15, 0.2) is 5.16 Å². The predicted octanol–water partition coefficient (Wildman–Crippen LogP) is 5.24. The van der Waals surface area contributed by atoms with Gasteiger partial charge in [-0.3, -0.25) is 14.2 Å². The Morgan fingerprint density at radius 1 is 1.06 bits per heavy atom. The van der Waals surface area contributed by atoms with Crippen LogP contribution in [0, 0.1) is 6.92 Å². The maximum Gasteiger partial charge on any atom is 0.266 e. The van der Waals surface area contributed by atoms with Gasteiger partial charge in [0.1, 0.15) is 0 Å². The number of rotatable bonds is 6. The van der Waals surface area contributed by atoms with Gasteiger partial charge in [0.2, 0.25) is 0 Å². The topological polar surface area (TPSA) is 76.3 Å². The number of amides is 1. The summed E-state index contributed by atoms with van der Waals surface area (Å²) in [6.07, 6.45) is 1.39. The summed E-state index contributed by atoms with van der Waals surface area (Å²) in [5, 5.41) is 5.73. The molecule has 3 aromatic carbocycles. The van der Waals surface area contributed by atoms with Crippen LogP contribution < -0.4 is 11.0 Å². The Morgan fingerprint density at radius 2 is 1.76 bits per heavy atom. The maximum absolute atomic E-state index is 13.3. The molecule has 0 bridgehead atoms. The Hall–Kier alpha value is -3.13. The number of nitrogens with one attached hydrogen (secondary N) is 1. The third kappa shape index (κ3) is 5.11. The molecule has 0 saturated carbocycles. The van der Waals surface area contributed by atoms with Crippen molar-refractivity contribution in [3.8, 4) is 5.69 Å². The lowest BCUT2D eigenvalue weighted by Gasteiger charge is -2.14. The van der Waals surface area contributed by atoms with Crippen LogP contribution >= 0.6 is 35.0 Å². The summed E-state index contributed by atoms with van der Waals surface area (Å²) in [5.74, 6) is -0.359. The average molecular weight is 497 g/mol. The second-order valence-electron chi connectivity index (χ2n) is 7.06. The van der Waals surface area contributed by atoms with E-state index in [4.69, 9.17) is 23.2 Å². The second kappa shape index (κ2) is 10.2. The SMILES string of the molecule is Cc1ccccc1-n1c(SCC(=O)N/N=C\c2c(Cl)cccc2Cl)nc2ccccc2c1=O. The van der Waals surface area contributed by atoms with Crippen molar-refractivity contribution in [1.82, 2.24) is 15.0 Å². The summed E-state index contributed by atoms with van der Waals surface area (Å²) in [4.78, 5) is 30.4. The van der Waals surface area contributed by atoms with Crippen molar-refractivity contribution in [2.75, 3.05) is 5.75 Å². The fraction of sp³-hybridized carbons (Fsp3) is 0.0833. The number of carbonyl (C=O) groups excluding carboxylic acids is 1. The highest BCUT2D eigenvalue weighted by Crippen LogP contribution is 2.24. The lowest BCUT2D eigenvalue weighted by molar-refractivity contribution is -0.118. The number of hydrazone groups is 1. The van der Waals surface area contributed by atoms with Crippen LogP contribution in [0.5, 0.6) is 0 Å². The standard InChI is InChI=1S/C24H18Cl2N4O2S/c1-15-7-2-5-12-21(15)30-23(32)16-8-3-4-11-20(16)28-24(30)33-14-22(31)29-27-13-17-18(25)9-6-10-19(17)26/h2-13H,14H2,1H3,(H,29,31)/b27-13-. The molecular formula is C24H18Cl2N4O2S. The van der Waals surface area contributed by atoms with Crippen LogP contribution in [0.2, 0.25) is 10.0 Å². The first-order valence-corrected chi connectivity index (χ1v) is 11.7. The lowest BCUT2D eigenvalue weighted by atomic mass is 10.2. The zero-order chi connectivity index (χ0) is 23.4. The molecule has 0 radical (unpaired) electrons. The molecule has 0 aliphatic carbocycles. The van der Waals surface area contributed by atoms with Gasteiger partial charge in [-0.2, -0.15) is 5.10 Å². The molecule has 166 valence electrons. The molecule has 4 aromatic rings. The third-order valence-electron chi connectivity index (χ3n) is 4.82. The molecule has 1 N–H and O–H groups in total. The van der Waals surface area contributed by atoms with E-state index in [1.807, 2.05) is 37.3 Å². The van der Waals surface area contributed by atoms with Crippen molar-refractivity contribution in [1.29, 1.82) is 0 Å². The fourth-order valence-corrected chi connectivity index (χ4v) is 4.49. The van der Waals surface area contributed by atoms with E-state index in [1.54, 1.807) is 41.0 Å². The van der Waals surface area contributed by atoms with E-state index in [2.05, 4.69) is 15.5 Å². The first-order chi connectivity index (χ1) is 16.0. The van der Waals surface area contributed by atoms with E-state index < -0.39 is 0 Å². The summed E-state index contributed by atoms with van der Waals surface area (Å²) in [6.45, 7) is 1.92. The van der Waals surface area contributed by atoms with E-state index in [0.717, 1.165) is 23.0 Å². The summed E-state index contributed by atoms with van der Waals surface area (Å²) in [6, 6.07) is 19.8. The molecule has 0 aliphatic heterocycles. The quantitative estimate of drug-likeness (QED) is 0.171. The van der Waals surface area contributed by atoms with Crippen molar-refractivity contribution in [2.45, 2.75) is 12.1 Å². The number of carbonyl (C=O) groups is 1. The van der Waals surface area contributed by atoms with Crippen LogP contribution in [0.25, 0.3) is 16.6 Å². The van der Waals surface area contributed by atoms with E-state index in [9.17, 15) is 9.59 Å². The summed E-state index contributed by atoms with van der Waals surface area (Å²) < 4.78 is 1.54. The number of hydrogen-bond acceptors (Lipinski definition) is 5. The largest absolute Gasteiger partial charge is 0.272 e. The minimum atomic E-state index is -0.363. The molecule has 0 atom stereocenters. The van der Waals surface area contributed by atoms with Gasteiger partial charge >= 0.3 is 0 Å². The molecule has 0 fully saturated rings. The van der Waals surface area contributed by atoms with Gasteiger partial charge in [0.05, 0.1) is 38.6 Å². The second-order valence-corrected chi connectivity index (χ2v) is 8.81. The minimum Gasteiger partial charge on any atom is -0.272 e. The van der Waals surface area contributed by atoms with Gasteiger partial charge in [-0.15, -0.1) is 0 Å². The highest BCUT2D eigenvalue weighted by molar-refractivity contribution is 7.99. The molecule has 0 spiro atoms. The number of aryl methyl sites for hydroxylation is 1. The van der Waals surface area contributed by atoms with Gasteiger partial charge in [-0.25, -0.2) is 10.4 Å². The molecule has 1 heterocycles. The predicted molar refractivity (Wildman–Crippen MR) is 135 cm³/mol. The Balaban J connectivity index is 1.59. The molecule has 1 aromatic heterocycles. The van der Waals surface area contributed by atoms with Crippen molar-refractivity contribution < 1.29 is 4.79 Å². The Morgan fingerprint density at radius 3 is 2.52 bits per heavy atom. The van der Waals surface area contributed by atoms with Crippen molar-refractivity contribution in [2.24, 2.45) is 5.10 Å². The highest BCUT2D eigenvalue weighted by atomic mass is 35.5. The third-order valence-corrected chi connectivity index (χ3v) is 6.41. The van der Waals surface area contributed by atoms with Crippen LogP contribution in [0.1, 0.15) is 11.1 Å². The molecule has 0 unspecified atom stereocenters. The zero-order valence-electron chi connectivity index (χ0n) is 17.5. The van der Waals surface area contributed by atoms with Gasteiger partial charge in [0.25, 0.3) is 11.5 Å². The van der Waals surface area contributed by atoms with E-state index in [1.165, 1.54) is 6.21 Å². The number of thioether (sulfide) groups is 1. The molecule has 1 amide bonds. The Kier molecular flexibility index (Phi) is 7.13. The van der Waals surface area contributed by atoms with Crippen LogP contribution in [0.15, 0.2) is 81.8 Å². The van der Waals surface area contributed by atoms with Crippen LogP contribution in [-0.2, 0) is 4.79 Å². The number of nitrogens with zero attached hydrogens (tertiary/aromatic N) is 3. The lowest BCUT2D eigenvalue weighted by Crippen LogP contribution is -2.24. The van der Waals surface area contributed by atoms with Crippen LogP contribution in [0.4, 0.5) is 0 Å². The fourth-order valence-electron chi connectivity index (χ4n) is 3.20. The van der Waals surface area contributed by atoms with E-state index >= 15 is 0 Å². The first kappa shape index (κ1) is 23.0. The molecule has 0 saturated heterocycles. The summed E-state index contributed by atoms with van der Waals surface area (Å²) >= 11 is 13.4. The number of halogens is 2. The van der Waals surface area contributed by atoms with E-state index in [0.29, 0.717) is 31.7 Å². The molecule has 0 aliphatic rings. The highest BCUT2D eigenvalue weighted by Gasteiger charge is 2.15. The average Bonchev–Trinajstić information content (AvgIpc) is 2.80. The maximum atomic E-state index is 13.3. The minimum absolute atomic E-state index is 0.00422. The van der Waals surface area contributed by atoms with Gasteiger partial charge in [-0.1, -0.05) is 71.4 Å². The van der Waals surface area contributed by atoms with Crippen LogP contribution in [0.3, 0.4) is 0 Å². The van der Waals surface area contributed by atoms with E-state index in [-0.39, 0.29) is 17.2 Å². The van der Waals surface area contributed by atoms with Gasteiger partial charge in [0, 0.05) is 5.56 Å². The summed E-state index contributed by atoms with van der Waals surface area (Å²) in [5.41, 5.74) is 4.99. The Labute approximate surface area is 204 Å². The van der Waals surface area contributed by atoms with Gasteiger partial charge < -0.3 is 0 Å². The first-order valence-electron chi connectivity index (χ1n) is 9.92. The zero-order valence-corrected chi connectivity index (χ0v) is 19.8. The molecule has 9 heteroatoms. The number of aromatic nitrogens is 2. The normalized spacial score (nSPS) is 11.2. The van der Waals surface area contributed by atoms with Crippen LogP contribution in [-0.4, -0.2) is 27.4 Å². The molecule has 33 heavy (non-hydrogen) atoms. The monoisotopic (exact) mass is 496 g/mol. The summed E-state index contributed by atoms with van der Waals surface area (Å²) in [7, 11) is 0. The van der Waals surface area contributed by atoms with Crippen molar-refractivity contribution in [3.05, 3.63) is 98.3 Å². The van der Waals surface area contributed by atoms with Crippen molar-refractivity contribution >= 4 is 58.0 Å².